The Morgan fingerprint density at radius 3 is 2.22 bits per heavy atom. The summed E-state index contributed by atoms with van der Waals surface area (Å²) in [5.41, 5.74) is 1.82. The van der Waals surface area contributed by atoms with Crippen LogP contribution in [0.3, 0.4) is 0 Å². The molecule has 1 aliphatic rings. The highest BCUT2D eigenvalue weighted by Gasteiger charge is 2.38. The average Bonchev–Trinajstić information content (AvgIpc) is 2.80. The molecule has 32 heavy (non-hydrogen) atoms. The van der Waals surface area contributed by atoms with Gasteiger partial charge in [-0.1, -0.05) is 36.8 Å². The fourth-order valence-corrected chi connectivity index (χ4v) is 3.81. The molecule has 3 rings (SSSR count). The van der Waals surface area contributed by atoms with Gasteiger partial charge in [-0.15, -0.1) is 0 Å². The van der Waals surface area contributed by atoms with E-state index < -0.39 is 5.97 Å². The molecule has 1 fully saturated rings. The highest BCUT2D eigenvalue weighted by atomic mass is 16.5. The summed E-state index contributed by atoms with van der Waals surface area (Å²) >= 11 is 0. The van der Waals surface area contributed by atoms with Crippen molar-refractivity contribution in [3.05, 3.63) is 59.7 Å². The van der Waals surface area contributed by atoms with E-state index in [1.807, 2.05) is 18.2 Å². The molecule has 1 N–H and O–H groups in total. The summed E-state index contributed by atoms with van der Waals surface area (Å²) in [5.74, 6) is 0.580. The van der Waals surface area contributed by atoms with E-state index in [4.69, 9.17) is 18.9 Å². The molecular formula is C25H29NO6. The normalized spacial score (nSPS) is 14.3. The lowest BCUT2D eigenvalue weighted by Gasteiger charge is -2.42. The number of nitrogens with one attached hydrogen (secondary N) is 1. The molecule has 1 amide bonds. The first kappa shape index (κ1) is 23.2. The molecule has 0 aromatic heterocycles. The van der Waals surface area contributed by atoms with E-state index in [0.29, 0.717) is 29.4 Å². The Kier molecular flexibility index (Phi) is 7.76. The molecule has 170 valence electrons. The van der Waals surface area contributed by atoms with Gasteiger partial charge >= 0.3 is 5.97 Å². The molecule has 0 radical (unpaired) electrons. The van der Waals surface area contributed by atoms with E-state index in [1.165, 1.54) is 33.0 Å². The lowest BCUT2D eigenvalue weighted by atomic mass is 9.64. The molecule has 0 aliphatic heterocycles. The van der Waals surface area contributed by atoms with Gasteiger partial charge < -0.3 is 24.3 Å². The third-order valence-electron chi connectivity index (χ3n) is 5.80. The standard InChI is InChI=1S/C25H29NO6/c1-29-20-15-22(31-3)21(30-2)14-18(20)10-11-24(28)32-16-23(27)26-17-25(12-7-13-25)19-8-5-4-6-9-19/h4-6,8-11,14-15H,7,12-13,16-17H2,1-3H3,(H,26,27)/b11-10+. The van der Waals surface area contributed by atoms with E-state index in [-0.39, 0.29) is 17.9 Å². The zero-order chi connectivity index (χ0) is 23.0. The van der Waals surface area contributed by atoms with E-state index in [0.717, 1.165) is 19.3 Å². The van der Waals surface area contributed by atoms with Crippen molar-refractivity contribution in [3.8, 4) is 17.2 Å². The molecule has 0 bridgehead atoms. The summed E-state index contributed by atoms with van der Waals surface area (Å²) in [7, 11) is 4.57. The van der Waals surface area contributed by atoms with Crippen molar-refractivity contribution in [2.45, 2.75) is 24.7 Å². The third-order valence-corrected chi connectivity index (χ3v) is 5.80. The highest BCUT2D eigenvalue weighted by Crippen LogP contribution is 2.43. The summed E-state index contributed by atoms with van der Waals surface area (Å²) in [5, 5.41) is 2.91. The topological polar surface area (TPSA) is 83.1 Å². The number of methoxy groups -OCH3 is 3. The summed E-state index contributed by atoms with van der Waals surface area (Å²) in [6.07, 6.45) is 6.00. The van der Waals surface area contributed by atoms with Gasteiger partial charge in [0.05, 0.1) is 21.3 Å². The number of hydrogen-bond donors (Lipinski definition) is 1. The lowest BCUT2D eigenvalue weighted by Crippen LogP contribution is -2.46. The third kappa shape index (κ3) is 5.41. The molecule has 7 heteroatoms. The molecule has 0 spiro atoms. The van der Waals surface area contributed by atoms with Gasteiger partial charge in [0.1, 0.15) is 5.75 Å². The van der Waals surface area contributed by atoms with Crippen LogP contribution < -0.4 is 19.5 Å². The average molecular weight is 440 g/mol. The Hall–Kier alpha value is -3.48. The van der Waals surface area contributed by atoms with Crippen LogP contribution in [0.5, 0.6) is 17.2 Å². The van der Waals surface area contributed by atoms with E-state index in [9.17, 15) is 9.59 Å². The summed E-state index contributed by atoms with van der Waals surface area (Å²) in [4.78, 5) is 24.3. The molecule has 1 aliphatic carbocycles. The quantitative estimate of drug-likeness (QED) is 0.451. The van der Waals surface area contributed by atoms with Gasteiger partial charge in [-0.25, -0.2) is 4.79 Å². The van der Waals surface area contributed by atoms with Gasteiger partial charge in [0.2, 0.25) is 0 Å². The molecule has 0 atom stereocenters. The van der Waals surface area contributed by atoms with Gasteiger partial charge in [0.15, 0.2) is 18.1 Å². The van der Waals surface area contributed by atoms with Crippen molar-refractivity contribution in [2.24, 2.45) is 0 Å². The lowest BCUT2D eigenvalue weighted by molar-refractivity contribution is -0.143. The zero-order valence-corrected chi connectivity index (χ0v) is 18.7. The van der Waals surface area contributed by atoms with Crippen molar-refractivity contribution in [3.63, 3.8) is 0 Å². The molecule has 7 nitrogen and oxygen atoms in total. The van der Waals surface area contributed by atoms with Crippen LogP contribution in [0, 0.1) is 0 Å². The zero-order valence-electron chi connectivity index (χ0n) is 18.7. The number of hydrogen-bond acceptors (Lipinski definition) is 6. The molecule has 0 unspecified atom stereocenters. The van der Waals surface area contributed by atoms with Crippen molar-refractivity contribution in [2.75, 3.05) is 34.5 Å². The predicted molar refractivity (Wildman–Crippen MR) is 121 cm³/mol. The summed E-state index contributed by atoms with van der Waals surface area (Å²) in [6, 6.07) is 13.6. The Morgan fingerprint density at radius 1 is 0.969 bits per heavy atom. The number of rotatable bonds is 10. The van der Waals surface area contributed by atoms with Gasteiger partial charge in [-0.05, 0) is 30.5 Å². The molecule has 2 aromatic carbocycles. The van der Waals surface area contributed by atoms with Crippen LogP contribution in [-0.2, 0) is 19.7 Å². The first-order valence-corrected chi connectivity index (χ1v) is 10.5. The minimum Gasteiger partial charge on any atom is -0.496 e. The van der Waals surface area contributed by atoms with Gasteiger partial charge in [0.25, 0.3) is 5.91 Å². The van der Waals surface area contributed by atoms with Crippen LogP contribution in [0.2, 0.25) is 0 Å². The predicted octanol–water partition coefficient (Wildman–Crippen LogP) is 3.51. The SMILES string of the molecule is COc1cc(OC)c(OC)cc1/C=C/C(=O)OCC(=O)NCC1(c2ccccc2)CCC1. The van der Waals surface area contributed by atoms with Crippen LogP contribution in [0.1, 0.15) is 30.4 Å². The number of amides is 1. The largest absolute Gasteiger partial charge is 0.496 e. The Labute approximate surface area is 188 Å². The summed E-state index contributed by atoms with van der Waals surface area (Å²) in [6.45, 7) is 0.198. The molecule has 2 aromatic rings. The minimum absolute atomic E-state index is 0.0230. The van der Waals surface area contributed by atoms with Crippen molar-refractivity contribution < 1.29 is 28.5 Å². The van der Waals surface area contributed by atoms with Crippen LogP contribution >= 0.6 is 0 Å². The van der Waals surface area contributed by atoms with Crippen LogP contribution in [0.4, 0.5) is 0 Å². The first-order valence-electron chi connectivity index (χ1n) is 10.5. The van der Waals surface area contributed by atoms with Crippen molar-refractivity contribution in [1.29, 1.82) is 0 Å². The van der Waals surface area contributed by atoms with Crippen LogP contribution in [0.15, 0.2) is 48.5 Å². The second-order valence-corrected chi connectivity index (χ2v) is 7.67. The molecule has 0 heterocycles. The fraction of sp³-hybridized carbons (Fsp3) is 0.360. The van der Waals surface area contributed by atoms with E-state index in [2.05, 4.69) is 17.4 Å². The maximum Gasteiger partial charge on any atom is 0.331 e. The van der Waals surface area contributed by atoms with Crippen molar-refractivity contribution >= 4 is 18.0 Å². The van der Waals surface area contributed by atoms with Crippen molar-refractivity contribution in [1.82, 2.24) is 5.32 Å². The number of carbonyl (C=O) groups excluding carboxylic acids is 2. The van der Waals surface area contributed by atoms with E-state index >= 15 is 0 Å². The van der Waals surface area contributed by atoms with Gasteiger partial charge in [-0.2, -0.15) is 0 Å². The number of carbonyl (C=O) groups is 2. The van der Waals surface area contributed by atoms with Crippen LogP contribution in [-0.4, -0.2) is 46.4 Å². The van der Waals surface area contributed by atoms with Gasteiger partial charge in [0, 0.05) is 29.7 Å². The fourth-order valence-electron chi connectivity index (χ4n) is 3.81. The second-order valence-electron chi connectivity index (χ2n) is 7.67. The molecule has 0 saturated heterocycles. The monoisotopic (exact) mass is 439 g/mol. The van der Waals surface area contributed by atoms with Gasteiger partial charge in [-0.3, -0.25) is 4.79 Å². The minimum atomic E-state index is -0.626. The molecular weight excluding hydrogens is 410 g/mol. The van der Waals surface area contributed by atoms with E-state index in [1.54, 1.807) is 18.2 Å². The Balaban J connectivity index is 1.52. The maximum atomic E-state index is 12.2. The smallest absolute Gasteiger partial charge is 0.331 e. The Bertz CT molecular complexity index is 966. The maximum absolute atomic E-state index is 12.2. The number of esters is 1. The number of ether oxygens (including phenoxy) is 4. The Morgan fingerprint density at radius 2 is 1.62 bits per heavy atom. The number of benzene rings is 2. The summed E-state index contributed by atoms with van der Waals surface area (Å²) < 4.78 is 20.9. The molecule has 1 saturated carbocycles. The second kappa shape index (κ2) is 10.7. The first-order chi connectivity index (χ1) is 15.5. The van der Waals surface area contributed by atoms with Crippen LogP contribution in [0.25, 0.3) is 6.08 Å². The highest BCUT2D eigenvalue weighted by molar-refractivity contribution is 5.90.